The molecule has 2 rings (SSSR count). The van der Waals surface area contributed by atoms with Gasteiger partial charge in [-0.3, -0.25) is 9.59 Å². The highest BCUT2D eigenvalue weighted by molar-refractivity contribution is 6.40. The zero-order chi connectivity index (χ0) is 18.4. The van der Waals surface area contributed by atoms with Gasteiger partial charge >= 0.3 is 0 Å². The van der Waals surface area contributed by atoms with Crippen molar-refractivity contribution in [1.82, 2.24) is 5.32 Å². The van der Waals surface area contributed by atoms with E-state index in [0.29, 0.717) is 28.7 Å². The van der Waals surface area contributed by atoms with Gasteiger partial charge in [0.25, 0.3) is 0 Å². The van der Waals surface area contributed by atoms with Gasteiger partial charge in [0.2, 0.25) is 11.8 Å². The smallest absolute Gasteiger partial charge is 0.240 e. The average Bonchev–Trinajstić information content (AvgIpc) is 2.55. The first-order valence-corrected chi connectivity index (χ1v) is 8.37. The predicted molar refractivity (Wildman–Crippen MR) is 97.6 cm³/mol. The molecule has 2 aromatic rings. The molecular formula is C18H17Cl2FN2O2. The Bertz CT molecular complexity index is 746. The van der Waals surface area contributed by atoms with Crippen molar-refractivity contribution >= 4 is 40.7 Å². The minimum Gasteiger partial charge on any atom is -0.354 e. The second-order valence-corrected chi connectivity index (χ2v) is 6.22. The van der Waals surface area contributed by atoms with Crippen LogP contribution in [0, 0.1) is 5.82 Å². The van der Waals surface area contributed by atoms with Gasteiger partial charge < -0.3 is 10.2 Å². The summed E-state index contributed by atoms with van der Waals surface area (Å²) in [6.07, 6.45) is 0.555. The molecule has 0 saturated carbocycles. The number of nitrogens with zero attached hydrogens (tertiary/aromatic N) is 1. The Morgan fingerprint density at radius 3 is 2.24 bits per heavy atom. The van der Waals surface area contributed by atoms with Crippen LogP contribution in [0.2, 0.25) is 10.0 Å². The summed E-state index contributed by atoms with van der Waals surface area (Å²) >= 11 is 12.2. The van der Waals surface area contributed by atoms with Crippen LogP contribution in [-0.2, 0) is 16.0 Å². The van der Waals surface area contributed by atoms with Gasteiger partial charge in [0.05, 0.1) is 15.7 Å². The maximum absolute atomic E-state index is 12.9. The lowest BCUT2D eigenvalue weighted by molar-refractivity contribution is -0.123. The molecule has 0 radical (unpaired) electrons. The fourth-order valence-electron chi connectivity index (χ4n) is 2.29. The number of hydrogen-bond donors (Lipinski definition) is 1. The minimum absolute atomic E-state index is 0.192. The van der Waals surface area contributed by atoms with Crippen LogP contribution in [-0.4, -0.2) is 24.9 Å². The fraction of sp³-hybridized carbons (Fsp3) is 0.222. The third-order valence-corrected chi connectivity index (χ3v) is 4.15. The maximum Gasteiger partial charge on any atom is 0.240 e. The Morgan fingerprint density at radius 2 is 1.68 bits per heavy atom. The molecule has 0 bridgehead atoms. The number of anilines is 1. The third-order valence-electron chi connectivity index (χ3n) is 3.54. The summed E-state index contributed by atoms with van der Waals surface area (Å²) in [6, 6.07) is 10.9. The molecule has 1 N–H and O–H groups in total. The highest BCUT2D eigenvalue weighted by Crippen LogP contribution is 2.33. The molecule has 0 heterocycles. The van der Waals surface area contributed by atoms with Crippen molar-refractivity contribution < 1.29 is 14.0 Å². The Labute approximate surface area is 155 Å². The van der Waals surface area contributed by atoms with E-state index in [4.69, 9.17) is 23.2 Å². The fourth-order valence-corrected chi connectivity index (χ4v) is 2.89. The molecule has 2 aromatic carbocycles. The number of hydrogen-bond acceptors (Lipinski definition) is 2. The topological polar surface area (TPSA) is 49.4 Å². The van der Waals surface area contributed by atoms with Crippen LogP contribution in [0.5, 0.6) is 0 Å². The predicted octanol–water partition coefficient (Wildman–Crippen LogP) is 3.84. The summed E-state index contributed by atoms with van der Waals surface area (Å²) in [5.41, 5.74) is 1.21. The second-order valence-electron chi connectivity index (χ2n) is 5.40. The molecule has 0 aliphatic carbocycles. The Morgan fingerprint density at radius 1 is 1.08 bits per heavy atom. The third kappa shape index (κ3) is 5.44. The van der Waals surface area contributed by atoms with Crippen LogP contribution >= 0.6 is 23.2 Å². The molecular weight excluding hydrogens is 366 g/mol. The van der Waals surface area contributed by atoms with Crippen LogP contribution in [0.3, 0.4) is 0 Å². The summed E-state index contributed by atoms with van der Waals surface area (Å²) in [6.45, 7) is 1.51. The number of benzene rings is 2. The van der Waals surface area contributed by atoms with E-state index in [2.05, 4.69) is 5.32 Å². The number of halogens is 3. The Hall–Kier alpha value is -2.11. The first kappa shape index (κ1) is 19.2. The average molecular weight is 383 g/mol. The number of carbonyl (C=O) groups is 2. The molecule has 0 aliphatic heterocycles. The van der Waals surface area contributed by atoms with E-state index in [9.17, 15) is 14.0 Å². The SMILES string of the molecule is CC(=O)N(CC(=O)NCCc1ccc(F)cc1)c1c(Cl)cccc1Cl. The van der Waals surface area contributed by atoms with Gasteiger partial charge in [-0.25, -0.2) is 4.39 Å². The van der Waals surface area contributed by atoms with Crippen molar-refractivity contribution in [3.63, 3.8) is 0 Å². The quantitative estimate of drug-likeness (QED) is 0.824. The van der Waals surface area contributed by atoms with E-state index in [-0.39, 0.29) is 24.2 Å². The highest BCUT2D eigenvalue weighted by atomic mass is 35.5. The van der Waals surface area contributed by atoms with E-state index in [1.54, 1.807) is 30.3 Å². The normalized spacial score (nSPS) is 10.4. The molecule has 132 valence electrons. The van der Waals surface area contributed by atoms with Crippen LogP contribution < -0.4 is 10.2 Å². The van der Waals surface area contributed by atoms with Crippen molar-refractivity contribution in [1.29, 1.82) is 0 Å². The summed E-state index contributed by atoms with van der Waals surface area (Å²) < 4.78 is 12.9. The maximum atomic E-state index is 12.9. The Kier molecular flexibility index (Phi) is 6.79. The summed E-state index contributed by atoms with van der Waals surface area (Å²) in [5.74, 6) is -0.988. The summed E-state index contributed by atoms with van der Waals surface area (Å²) in [7, 11) is 0. The van der Waals surface area contributed by atoms with Gasteiger partial charge in [-0.15, -0.1) is 0 Å². The minimum atomic E-state index is -0.344. The largest absolute Gasteiger partial charge is 0.354 e. The number of nitrogens with one attached hydrogen (secondary N) is 1. The standard InChI is InChI=1S/C18H17Cl2FN2O2/c1-12(24)23(18-15(19)3-2-4-16(18)20)11-17(25)22-10-9-13-5-7-14(21)8-6-13/h2-8H,9-11H2,1H3,(H,22,25). The molecule has 7 heteroatoms. The summed E-state index contributed by atoms with van der Waals surface area (Å²) in [5, 5.41) is 3.31. The number of amides is 2. The van der Waals surface area contributed by atoms with E-state index in [1.165, 1.54) is 24.0 Å². The van der Waals surface area contributed by atoms with Crippen molar-refractivity contribution in [3.8, 4) is 0 Å². The molecule has 0 spiro atoms. The van der Waals surface area contributed by atoms with Gasteiger partial charge in [0.15, 0.2) is 0 Å². The van der Waals surface area contributed by atoms with E-state index >= 15 is 0 Å². The monoisotopic (exact) mass is 382 g/mol. The zero-order valence-corrected chi connectivity index (χ0v) is 15.1. The van der Waals surface area contributed by atoms with Gasteiger partial charge in [0, 0.05) is 13.5 Å². The molecule has 25 heavy (non-hydrogen) atoms. The molecule has 0 aromatic heterocycles. The van der Waals surface area contributed by atoms with Gasteiger partial charge in [0.1, 0.15) is 12.4 Å². The lowest BCUT2D eigenvalue weighted by Crippen LogP contribution is -2.40. The lowest BCUT2D eigenvalue weighted by Gasteiger charge is -2.23. The Balaban J connectivity index is 1.96. The molecule has 0 atom stereocenters. The number of rotatable bonds is 6. The van der Waals surface area contributed by atoms with Crippen molar-refractivity contribution in [2.24, 2.45) is 0 Å². The molecule has 4 nitrogen and oxygen atoms in total. The molecule has 0 fully saturated rings. The molecule has 0 aliphatic rings. The summed E-state index contributed by atoms with van der Waals surface area (Å²) in [4.78, 5) is 25.3. The first-order chi connectivity index (χ1) is 11.9. The molecule has 2 amide bonds. The van der Waals surface area contributed by atoms with Crippen LogP contribution in [0.1, 0.15) is 12.5 Å². The first-order valence-electron chi connectivity index (χ1n) is 7.61. The van der Waals surface area contributed by atoms with E-state index in [0.717, 1.165) is 5.56 Å². The number of para-hydroxylation sites is 1. The molecule has 0 saturated heterocycles. The van der Waals surface area contributed by atoms with E-state index in [1.807, 2.05) is 0 Å². The van der Waals surface area contributed by atoms with Crippen LogP contribution in [0.25, 0.3) is 0 Å². The van der Waals surface area contributed by atoms with E-state index < -0.39 is 0 Å². The van der Waals surface area contributed by atoms with Crippen LogP contribution in [0.4, 0.5) is 10.1 Å². The van der Waals surface area contributed by atoms with Gasteiger partial charge in [-0.1, -0.05) is 41.4 Å². The highest BCUT2D eigenvalue weighted by Gasteiger charge is 2.20. The van der Waals surface area contributed by atoms with Crippen molar-refractivity contribution in [2.75, 3.05) is 18.0 Å². The molecule has 0 unspecified atom stereocenters. The van der Waals surface area contributed by atoms with Crippen molar-refractivity contribution in [2.45, 2.75) is 13.3 Å². The van der Waals surface area contributed by atoms with Gasteiger partial charge in [-0.05, 0) is 36.2 Å². The zero-order valence-electron chi connectivity index (χ0n) is 13.6. The van der Waals surface area contributed by atoms with Crippen molar-refractivity contribution in [3.05, 3.63) is 63.9 Å². The second kappa shape index (κ2) is 8.83. The van der Waals surface area contributed by atoms with Crippen LogP contribution in [0.15, 0.2) is 42.5 Å². The van der Waals surface area contributed by atoms with Gasteiger partial charge in [-0.2, -0.15) is 0 Å². The lowest BCUT2D eigenvalue weighted by atomic mass is 10.1. The number of carbonyl (C=O) groups excluding carboxylic acids is 2.